The van der Waals surface area contributed by atoms with Crippen LogP contribution in [0.25, 0.3) is 11.1 Å². The lowest BCUT2D eigenvalue weighted by molar-refractivity contribution is -0.162. The summed E-state index contributed by atoms with van der Waals surface area (Å²) in [4.78, 5) is 26.1. The van der Waals surface area contributed by atoms with Crippen LogP contribution >= 0.6 is 0 Å². The molecule has 0 amide bonds. The number of fused-ring (bicyclic) bond motifs is 3. The second kappa shape index (κ2) is 15.7. The Hall–Kier alpha value is -4.88. The van der Waals surface area contributed by atoms with Gasteiger partial charge in [0, 0.05) is 16.2 Å². The van der Waals surface area contributed by atoms with E-state index < -0.39 is 29.0 Å². The maximum absolute atomic E-state index is 14.9. The zero-order valence-corrected chi connectivity index (χ0v) is 31.3. The molecule has 0 bridgehead atoms. The predicted octanol–water partition coefficient (Wildman–Crippen LogP) is 8.27. The molecule has 4 aromatic carbocycles. The number of carbonyl (C=O) groups is 2. The van der Waals surface area contributed by atoms with E-state index in [0.29, 0.717) is 39.6 Å². The molecule has 4 aromatic rings. The Bertz CT molecular complexity index is 1910. The van der Waals surface area contributed by atoms with E-state index in [9.17, 15) is 18.4 Å². The van der Waals surface area contributed by atoms with Gasteiger partial charge in [0.15, 0.2) is 36.7 Å². The normalized spacial score (nSPS) is 16.9. The lowest BCUT2D eigenvalue weighted by Crippen LogP contribution is -2.45. The smallest absolute Gasteiger partial charge is 0.343 e. The molecule has 0 saturated carbocycles. The van der Waals surface area contributed by atoms with Crippen molar-refractivity contribution in [1.29, 1.82) is 0 Å². The summed E-state index contributed by atoms with van der Waals surface area (Å²) < 4.78 is 73.7. The van der Waals surface area contributed by atoms with Crippen LogP contribution in [0.1, 0.15) is 72.4 Å². The van der Waals surface area contributed by atoms with Crippen LogP contribution in [0.3, 0.4) is 0 Å². The van der Waals surface area contributed by atoms with Crippen molar-refractivity contribution in [1.82, 2.24) is 0 Å². The van der Waals surface area contributed by atoms with Gasteiger partial charge in [-0.15, -0.1) is 0 Å². The molecule has 0 unspecified atom stereocenters. The van der Waals surface area contributed by atoms with Crippen molar-refractivity contribution in [3.8, 4) is 34.1 Å². The fraction of sp³-hybridized carbons (Fsp3) is 0.395. The number of hydrogen-bond donors (Lipinski definition) is 0. The van der Waals surface area contributed by atoms with E-state index in [1.54, 1.807) is 24.3 Å². The molecule has 2 heterocycles. The summed E-state index contributed by atoms with van der Waals surface area (Å²) in [6, 6.07) is 18.4. The molecule has 2 saturated heterocycles. The van der Waals surface area contributed by atoms with Crippen LogP contribution in [0, 0.1) is 22.5 Å². The van der Waals surface area contributed by atoms with Gasteiger partial charge in [-0.05, 0) is 95.8 Å². The molecule has 0 spiro atoms. The Balaban J connectivity index is 0.948. The van der Waals surface area contributed by atoms with Crippen LogP contribution in [0.15, 0.2) is 72.8 Å². The lowest BCUT2D eigenvalue weighted by atomic mass is 9.82. The highest BCUT2D eigenvalue weighted by Gasteiger charge is 2.39. The van der Waals surface area contributed by atoms with E-state index in [2.05, 4.69) is 13.8 Å². The van der Waals surface area contributed by atoms with E-state index >= 15 is 0 Å². The van der Waals surface area contributed by atoms with Crippen molar-refractivity contribution in [2.75, 3.05) is 53.2 Å². The summed E-state index contributed by atoms with van der Waals surface area (Å²) in [5.74, 6) is -2.38. The Morgan fingerprint density at radius 3 is 1.38 bits per heavy atom. The minimum atomic E-state index is -0.729. The molecule has 0 atom stereocenters. The van der Waals surface area contributed by atoms with Crippen LogP contribution in [0.5, 0.6) is 23.0 Å². The minimum absolute atomic E-state index is 0.0165. The predicted molar refractivity (Wildman–Crippen MR) is 197 cm³/mol. The number of esters is 2. The summed E-state index contributed by atoms with van der Waals surface area (Å²) in [6.07, 6.45) is 1.83. The fourth-order valence-electron chi connectivity index (χ4n) is 6.93. The average molecular weight is 759 g/mol. The highest BCUT2D eigenvalue weighted by atomic mass is 19.1. The van der Waals surface area contributed by atoms with Crippen molar-refractivity contribution < 1.29 is 56.3 Å². The first kappa shape index (κ1) is 38.4. The largest absolute Gasteiger partial charge is 0.464 e. The second-order valence-corrected chi connectivity index (χ2v) is 15.0. The third-order valence-corrected chi connectivity index (χ3v) is 10.9. The van der Waals surface area contributed by atoms with Gasteiger partial charge in [-0.1, -0.05) is 39.8 Å². The van der Waals surface area contributed by atoms with E-state index in [4.69, 9.17) is 37.9 Å². The molecule has 0 aromatic heterocycles. The van der Waals surface area contributed by atoms with Gasteiger partial charge < -0.3 is 37.9 Å². The monoisotopic (exact) mass is 758 g/mol. The molecular weight excluding hydrogens is 714 g/mol. The van der Waals surface area contributed by atoms with E-state index in [1.165, 1.54) is 24.3 Å². The van der Waals surface area contributed by atoms with Crippen molar-refractivity contribution in [2.24, 2.45) is 10.8 Å². The van der Waals surface area contributed by atoms with Gasteiger partial charge >= 0.3 is 11.9 Å². The van der Waals surface area contributed by atoms with Crippen LogP contribution in [0.2, 0.25) is 0 Å². The van der Waals surface area contributed by atoms with Gasteiger partial charge in [0.05, 0.1) is 50.8 Å². The van der Waals surface area contributed by atoms with Crippen LogP contribution in [-0.2, 0) is 24.4 Å². The Labute approximate surface area is 318 Å². The molecule has 290 valence electrons. The summed E-state index contributed by atoms with van der Waals surface area (Å²) in [5.41, 5.74) is 3.06. The Morgan fingerprint density at radius 2 is 1.04 bits per heavy atom. The first-order chi connectivity index (χ1) is 26.4. The lowest BCUT2D eigenvalue weighted by Gasteiger charge is -2.40. The van der Waals surface area contributed by atoms with Gasteiger partial charge in [0.25, 0.3) is 0 Å². The summed E-state index contributed by atoms with van der Waals surface area (Å²) >= 11 is 0. The molecule has 2 fully saturated rings. The zero-order chi connectivity index (χ0) is 38.8. The van der Waals surface area contributed by atoms with Gasteiger partial charge in [-0.2, -0.15) is 0 Å². The average Bonchev–Trinajstić information content (AvgIpc) is 3.36. The third-order valence-electron chi connectivity index (χ3n) is 10.9. The topological polar surface area (TPSA) is 108 Å². The highest BCUT2D eigenvalue weighted by molar-refractivity contribution is 5.92. The molecule has 10 nitrogen and oxygen atoms in total. The van der Waals surface area contributed by atoms with Crippen molar-refractivity contribution in [2.45, 2.75) is 46.0 Å². The number of hydrogen-bond acceptors (Lipinski definition) is 10. The Morgan fingerprint density at radius 1 is 0.618 bits per heavy atom. The fourth-order valence-corrected chi connectivity index (χ4v) is 6.93. The molecule has 3 aliphatic rings. The van der Waals surface area contributed by atoms with E-state index in [1.807, 2.05) is 26.0 Å². The second-order valence-electron chi connectivity index (χ2n) is 15.0. The van der Waals surface area contributed by atoms with Gasteiger partial charge in [0.2, 0.25) is 0 Å². The number of carbonyl (C=O) groups excluding carboxylic acids is 2. The molecule has 0 radical (unpaired) electrons. The molecule has 7 rings (SSSR count). The van der Waals surface area contributed by atoms with Crippen molar-refractivity contribution in [3.05, 3.63) is 107 Å². The number of ether oxygens (including phenoxy) is 8. The van der Waals surface area contributed by atoms with E-state index in [-0.39, 0.29) is 58.5 Å². The van der Waals surface area contributed by atoms with E-state index in [0.717, 1.165) is 47.2 Å². The SMILES string of the molecule is CCC1(COCOc2ccc(C(=O)Oc3ccc4c(c3)C(C)(C)c3cc(OC(=O)c5ccc(OCOCC6(CC)COC6)c(F)c5)ccc3-4)cc2F)COC1. The van der Waals surface area contributed by atoms with Crippen molar-refractivity contribution in [3.63, 3.8) is 0 Å². The Kier molecular flexibility index (Phi) is 11.0. The standard InChI is InChI=1S/C43H44F2O10/c1-5-42(19-48-20-42)23-50-25-52-37-13-7-27(15-35(37)44)39(46)54-29-9-11-31-32-12-10-30(18-34(32)41(3,4)33(31)17-29)55-40(47)28-8-14-38(36(45)16-28)53-26-51-24-43(6-2)21-49-22-43/h7-18H,5-6,19-26H2,1-4H3. The molecular formula is C43H44F2O10. The first-order valence-electron chi connectivity index (χ1n) is 18.3. The van der Waals surface area contributed by atoms with Gasteiger partial charge in [-0.3, -0.25) is 0 Å². The van der Waals surface area contributed by atoms with Gasteiger partial charge in [-0.25, -0.2) is 18.4 Å². The van der Waals surface area contributed by atoms with Crippen LogP contribution in [0.4, 0.5) is 8.78 Å². The summed E-state index contributed by atoms with van der Waals surface area (Å²) in [6.45, 7) is 11.3. The van der Waals surface area contributed by atoms with Crippen LogP contribution in [-0.4, -0.2) is 65.2 Å². The highest BCUT2D eigenvalue weighted by Crippen LogP contribution is 2.50. The quantitative estimate of drug-likeness (QED) is 0.0480. The molecule has 12 heteroatoms. The number of halogens is 2. The molecule has 0 N–H and O–H groups in total. The molecule has 1 aliphatic carbocycles. The molecule has 2 aliphatic heterocycles. The summed E-state index contributed by atoms with van der Waals surface area (Å²) in [7, 11) is 0. The zero-order valence-electron chi connectivity index (χ0n) is 31.3. The minimum Gasteiger partial charge on any atom is -0.464 e. The first-order valence-corrected chi connectivity index (χ1v) is 18.3. The summed E-state index contributed by atoms with van der Waals surface area (Å²) in [5, 5.41) is 0. The third kappa shape index (κ3) is 7.95. The molecule has 55 heavy (non-hydrogen) atoms. The van der Waals surface area contributed by atoms with Gasteiger partial charge in [0.1, 0.15) is 11.5 Å². The van der Waals surface area contributed by atoms with Crippen LogP contribution < -0.4 is 18.9 Å². The maximum atomic E-state index is 14.9. The van der Waals surface area contributed by atoms with Crippen molar-refractivity contribution >= 4 is 11.9 Å². The number of benzene rings is 4. The number of rotatable bonds is 16. The maximum Gasteiger partial charge on any atom is 0.343 e.